The summed E-state index contributed by atoms with van der Waals surface area (Å²) in [5.74, 6) is 0. The average Bonchev–Trinajstić information content (AvgIpc) is 2.23. The Morgan fingerprint density at radius 2 is 2.12 bits per heavy atom. The van der Waals surface area contributed by atoms with Crippen LogP contribution in [0.2, 0.25) is 10.0 Å². The van der Waals surface area contributed by atoms with Crippen LogP contribution < -0.4 is 5.32 Å². The number of hydrogen-bond donors (Lipinski definition) is 1. The summed E-state index contributed by atoms with van der Waals surface area (Å²) in [7, 11) is 0. The largest absolute Gasteiger partial charge is 0.380 e. The summed E-state index contributed by atoms with van der Waals surface area (Å²) in [6.07, 6.45) is 0. The van der Waals surface area contributed by atoms with Crippen LogP contribution >= 0.6 is 23.2 Å². The van der Waals surface area contributed by atoms with Gasteiger partial charge in [0.2, 0.25) is 0 Å². The van der Waals surface area contributed by atoms with Gasteiger partial charge in [-0.2, -0.15) is 0 Å². The van der Waals surface area contributed by atoms with Gasteiger partial charge in [-0.1, -0.05) is 36.2 Å². The van der Waals surface area contributed by atoms with Crippen molar-refractivity contribution in [2.45, 2.75) is 19.9 Å². The Kier molecular flexibility index (Phi) is 3.99. The van der Waals surface area contributed by atoms with Crippen LogP contribution in [0.3, 0.4) is 0 Å². The van der Waals surface area contributed by atoms with E-state index < -0.39 is 0 Å². The van der Waals surface area contributed by atoms with Crippen molar-refractivity contribution in [1.29, 1.82) is 0 Å². The lowest BCUT2D eigenvalue weighted by molar-refractivity contribution is -0.0999. The van der Waals surface area contributed by atoms with Gasteiger partial charge in [-0.05, 0) is 24.6 Å². The fourth-order valence-corrected chi connectivity index (χ4v) is 2.49. The van der Waals surface area contributed by atoms with Crippen LogP contribution in [-0.2, 0) is 4.74 Å². The first-order chi connectivity index (χ1) is 8.00. The van der Waals surface area contributed by atoms with Crippen molar-refractivity contribution in [2.75, 3.05) is 19.8 Å². The molecule has 2 nitrogen and oxygen atoms in total. The second-order valence-electron chi connectivity index (χ2n) is 5.07. The normalized spacial score (nSPS) is 19.8. The standard InChI is InChI=1S/C13H17Cl2NO/c1-9(16-6-13(2)7-17-8-13)11-4-3-10(14)5-12(11)15/h3-5,9,16H,6-8H2,1-2H3. The molecule has 0 aromatic heterocycles. The van der Waals surface area contributed by atoms with Gasteiger partial charge in [-0.15, -0.1) is 0 Å². The smallest absolute Gasteiger partial charge is 0.0554 e. The summed E-state index contributed by atoms with van der Waals surface area (Å²) in [6, 6.07) is 5.85. The third kappa shape index (κ3) is 3.14. The zero-order valence-electron chi connectivity index (χ0n) is 10.1. The first kappa shape index (κ1) is 13.2. The van der Waals surface area contributed by atoms with E-state index in [1.807, 2.05) is 12.1 Å². The van der Waals surface area contributed by atoms with Gasteiger partial charge in [0.05, 0.1) is 13.2 Å². The van der Waals surface area contributed by atoms with Crippen molar-refractivity contribution in [3.05, 3.63) is 33.8 Å². The molecular weight excluding hydrogens is 257 g/mol. The molecule has 1 heterocycles. The van der Waals surface area contributed by atoms with Gasteiger partial charge in [0.25, 0.3) is 0 Å². The van der Waals surface area contributed by atoms with E-state index in [0.29, 0.717) is 10.0 Å². The fraction of sp³-hybridized carbons (Fsp3) is 0.538. The molecule has 0 aliphatic carbocycles. The Labute approximate surface area is 112 Å². The van der Waals surface area contributed by atoms with E-state index in [1.54, 1.807) is 6.07 Å². The van der Waals surface area contributed by atoms with Crippen LogP contribution in [0, 0.1) is 5.41 Å². The van der Waals surface area contributed by atoms with Crippen LogP contribution in [0.1, 0.15) is 25.5 Å². The Balaban J connectivity index is 1.96. The lowest BCUT2D eigenvalue weighted by atomic mass is 9.88. The minimum atomic E-state index is 0.220. The molecule has 0 radical (unpaired) electrons. The number of nitrogens with one attached hydrogen (secondary N) is 1. The zero-order valence-corrected chi connectivity index (χ0v) is 11.6. The van der Waals surface area contributed by atoms with E-state index in [9.17, 15) is 0 Å². The number of benzene rings is 1. The van der Waals surface area contributed by atoms with Gasteiger partial charge in [0, 0.05) is 28.0 Å². The summed E-state index contributed by atoms with van der Waals surface area (Å²) in [5, 5.41) is 4.88. The molecule has 1 saturated heterocycles. The van der Waals surface area contributed by atoms with E-state index in [4.69, 9.17) is 27.9 Å². The van der Waals surface area contributed by atoms with Crippen LogP contribution in [0.15, 0.2) is 18.2 Å². The summed E-state index contributed by atoms with van der Waals surface area (Å²) in [5.41, 5.74) is 1.35. The van der Waals surface area contributed by atoms with Crippen LogP contribution in [0.4, 0.5) is 0 Å². The molecule has 1 atom stereocenters. The molecule has 1 aromatic rings. The maximum Gasteiger partial charge on any atom is 0.0554 e. The van der Waals surface area contributed by atoms with E-state index in [0.717, 1.165) is 25.3 Å². The molecule has 1 aromatic carbocycles. The first-order valence-corrected chi connectivity index (χ1v) is 6.52. The van der Waals surface area contributed by atoms with Crippen molar-refractivity contribution < 1.29 is 4.74 Å². The Bertz CT molecular complexity index is 404. The van der Waals surface area contributed by atoms with E-state index in [2.05, 4.69) is 19.2 Å². The van der Waals surface area contributed by atoms with Crippen LogP contribution in [0.25, 0.3) is 0 Å². The molecular formula is C13H17Cl2NO. The highest BCUT2D eigenvalue weighted by Crippen LogP contribution is 2.29. The van der Waals surface area contributed by atoms with E-state index in [1.165, 1.54) is 0 Å². The number of ether oxygens (including phenoxy) is 1. The van der Waals surface area contributed by atoms with Crippen molar-refractivity contribution in [1.82, 2.24) is 5.32 Å². The van der Waals surface area contributed by atoms with Crippen molar-refractivity contribution >= 4 is 23.2 Å². The maximum absolute atomic E-state index is 6.17. The summed E-state index contributed by atoms with van der Waals surface area (Å²) >= 11 is 12.1. The van der Waals surface area contributed by atoms with Crippen LogP contribution in [-0.4, -0.2) is 19.8 Å². The molecule has 0 spiro atoms. The fourth-order valence-electron chi connectivity index (χ4n) is 1.91. The molecule has 0 saturated carbocycles. The molecule has 1 fully saturated rings. The molecule has 1 aliphatic rings. The van der Waals surface area contributed by atoms with Gasteiger partial charge in [0.15, 0.2) is 0 Å². The molecule has 4 heteroatoms. The monoisotopic (exact) mass is 273 g/mol. The Morgan fingerprint density at radius 3 is 2.65 bits per heavy atom. The lowest BCUT2D eigenvalue weighted by Gasteiger charge is -2.39. The SMILES string of the molecule is CC(NCC1(C)COC1)c1ccc(Cl)cc1Cl. The molecule has 1 N–H and O–H groups in total. The van der Waals surface area contributed by atoms with Crippen molar-refractivity contribution in [3.63, 3.8) is 0 Å². The van der Waals surface area contributed by atoms with Gasteiger partial charge in [-0.25, -0.2) is 0 Å². The summed E-state index contributed by atoms with van der Waals surface area (Å²) in [4.78, 5) is 0. The van der Waals surface area contributed by atoms with Crippen molar-refractivity contribution in [2.24, 2.45) is 5.41 Å². The molecule has 2 rings (SSSR count). The Hall–Kier alpha value is -0.280. The third-order valence-electron chi connectivity index (χ3n) is 3.17. The average molecular weight is 274 g/mol. The highest BCUT2D eigenvalue weighted by molar-refractivity contribution is 6.35. The van der Waals surface area contributed by atoms with E-state index >= 15 is 0 Å². The number of rotatable bonds is 4. The molecule has 0 amide bonds. The molecule has 94 valence electrons. The zero-order chi connectivity index (χ0) is 12.5. The minimum Gasteiger partial charge on any atom is -0.380 e. The summed E-state index contributed by atoms with van der Waals surface area (Å²) in [6.45, 7) is 6.94. The number of hydrogen-bond acceptors (Lipinski definition) is 2. The number of halogens is 2. The molecule has 0 bridgehead atoms. The first-order valence-electron chi connectivity index (χ1n) is 5.76. The molecule has 1 aliphatic heterocycles. The Morgan fingerprint density at radius 1 is 1.41 bits per heavy atom. The van der Waals surface area contributed by atoms with Crippen LogP contribution in [0.5, 0.6) is 0 Å². The predicted molar refractivity (Wildman–Crippen MR) is 71.8 cm³/mol. The van der Waals surface area contributed by atoms with Gasteiger partial charge < -0.3 is 10.1 Å². The quantitative estimate of drug-likeness (QED) is 0.904. The molecule has 1 unspecified atom stereocenters. The highest BCUT2D eigenvalue weighted by Gasteiger charge is 2.33. The van der Waals surface area contributed by atoms with Gasteiger partial charge >= 0.3 is 0 Å². The maximum atomic E-state index is 6.17. The van der Waals surface area contributed by atoms with E-state index in [-0.39, 0.29) is 11.5 Å². The summed E-state index contributed by atoms with van der Waals surface area (Å²) < 4.78 is 5.23. The third-order valence-corrected chi connectivity index (χ3v) is 3.73. The highest BCUT2D eigenvalue weighted by atomic mass is 35.5. The van der Waals surface area contributed by atoms with Crippen molar-refractivity contribution in [3.8, 4) is 0 Å². The second-order valence-corrected chi connectivity index (χ2v) is 5.92. The van der Waals surface area contributed by atoms with Gasteiger partial charge in [-0.3, -0.25) is 0 Å². The second kappa shape index (κ2) is 5.15. The minimum absolute atomic E-state index is 0.220. The van der Waals surface area contributed by atoms with Gasteiger partial charge in [0.1, 0.15) is 0 Å². The molecule has 17 heavy (non-hydrogen) atoms. The lowest BCUT2D eigenvalue weighted by Crippen LogP contribution is -2.47. The topological polar surface area (TPSA) is 21.3 Å². The predicted octanol–water partition coefficient (Wildman–Crippen LogP) is 3.68.